The summed E-state index contributed by atoms with van der Waals surface area (Å²) in [5.41, 5.74) is 2.13. The van der Waals surface area contributed by atoms with E-state index in [1.165, 1.54) is 24.8 Å². The lowest BCUT2D eigenvalue weighted by Crippen LogP contribution is -2.47. The number of carbonyl (C=O) groups is 1. The first-order valence-electron chi connectivity index (χ1n) is 13.3. The highest BCUT2D eigenvalue weighted by Gasteiger charge is 2.35. The molecule has 3 atom stereocenters. The van der Waals surface area contributed by atoms with Gasteiger partial charge in [-0.25, -0.2) is 8.42 Å². The Balaban J connectivity index is 1.40. The minimum absolute atomic E-state index is 0.406. The maximum atomic E-state index is 13.0. The van der Waals surface area contributed by atoms with Gasteiger partial charge in [0.1, 0.15) is 12.6 Å². The highest BCUT2D eigenvalue weighted by Crippen LogP contribution is 2.33. The van der Waals surface area contributed by atoms with Crippen LogP contribution in [0.5, 0.6) is 0 Å². The molecule has 0 bridgehead atoms. The quantitative estimate of drug-likeness (QED) is 0.422. The monoisotopic (exact) mass is 569 g/mol. The van der Waals surface area contributed by atoms with Crippen molar-refractivity contribution in [2.45, 2.75) is 74.4 Å². The largest absolute Gasteiger partial charge is 0.416 e. The lowest BCUT2D eigenvalue weighted by molar-refractivity contribution is -0.926. The van der Waals surface area contributed by atoms with E-state index in [4.69, 9.17) is 0 Å². The number of carbonyl (C=O) groups excluding carboxylic acids is 1. The number of halogens is 3. The van der Waals surface area contributed by atoms with E-state index in [1.807, 2.05) is 6.07 Å². The molecule has 2 aliphatic rings. The molecule has 214 valence electrons. The van der Waals surface area contributed by atoms with Crippen molar-refractivity contribution < 1.29 is 41.1 Å². The number of quaternary nitrogens is 1. The second kappa shape index (κ2) is 11.6. The van der Waals surface area contributed by atoms with E-state index in [0.717, 1.165) is 66.3 Å². The number of fused-ring (bicyclic) bond motifs is 1. The van der Waals surface area contributed by atoms with Crippen LogP contribution in [0.1, 0.15) is 60.4 Å². The molecule has 0 spiro atoms. The molecule has 3 N–H and O–H groups in total. The number of aliphatic hydroxyl groups excluding tert-OH is 2. The van der Waals surface area contributed by atoms with Gasteiger partial charge in [0.25, 0.3) is 5.91 Å². The maximum Gasteiger partial charge on any atom is 0.416 e. The second-order valence-corrected chi connectivity index (χ2v) is 13.1. The van der Waals surface area contributed by atoms with E-state index in [1.54, 1.807) is 0 Å². The fourth-order valence-electron chi connectivity index (χ4n) is 5.70. The van der Waals surface area contributed by atoms with Crippen LogP contribution in [0, 0.1) is 0 Å². The Morgan fingerprint density at radius 2 is 1.79 bits per heavy atom. The molecule has 0 saturated carbocycles. The number of aliphatic hydroxyl groups is 2. The number of hydrogen-bond acceptors (Lipinski definition) is 5. The van der Waals surface area contributed by atoms with E-state index < -0.39 is 56.4 Å². The molecule has 2 aromatic rings. The average molecular weight is 570 g/mol. The summed E-state index contributed by atoms with van der Waals surface area (Å²) in [4.78, 5) is 12.1. The molecule has 1 amide bonds. The SMILES string of the molecule is C[N+]1(Cc2ccc3c(c2)CCC[C@H]3NC(=O)[C@@H](O)[C@@H](O)CS(=O)(=O)c2cccc(C(F)(F)F)c2)CCCCC1. The summed E-state index contributed by atoms with van der Waals surface area (Å²) in [6.45, 7) is 3.24. The van der Waals surface area contributed by atoms with Crippen LogP contribution in [0.2, 0.25) is 0 Å². The van der Waals surface area contributed by atoms with Gasteiger partial charge in [0.15, 0.2) is 15.9 Å². The zero-order valence-corrected chi connectivity index (χ0v) is 22.8. The van der Waals surface area contributed by atoms with Crippen LogP contribution in [-0.2, 0) is 33.8 Å². The third-order valence-corrected chi connectivity index (χ3v) is 9.59. The zero-order valence-electron chi connectivity index (χ0n) is 22.0. The molecule has 39 heavy (non-hydrogen) atoms. The molecule has 7 nitrogen and oxygen atoms in total. The van der Waals surface area contributed by atoms with Crippen molar-refractivity contribution in [3.63, 3.8) is 0 Å². The third kappa shape index (κ3) is 7.19. The van der Waals surface area contributed by atoms with Gasteiger partial charge in [-0.3, -0.25) is 4.79 Å². The van der Waals surface area contributed by atoms with Gasteiger partial charge >= 0.3 is 6.18 Å². The van der Waals surface area contributed by atoms with Gasteiger partial charge in [-0.1, -0.05) is 18.2 Å². The van der Waals surface area contributed by atoms with Crippen LogP contribution in [0.3, 0.4) is 0 Å². The van der Waals surface area contributed by atoms with Crippen LogP contribution in [-0.4, -0.2) is 67.1 Å². The van der Waals surface area contributed by atoms with Crippen molar-refractivity contribution in [1.29, 1.82) is 0 Å². The highest BCUT2D eigenvalue weighted by atomic mass is 32.2. The Morgan fingerprint density at radius 1 is 1.08 bits per heavy atom. The van der Waals surface area contributed by atoms with Crippen molar-refractivity contribution in [1.82, 2.24) is 5.32 Å². The van der Waals surface area contributed by atoms with Crippen molar-refractivity contribution in [2.24, 2.45) is 0 Å². The Morgan fingerprint density at radius 3 is 2.49 bits per heavy atom. The van der Waals surface area contributed by atoms with Gasteiger partial charge in [-0.05, 0) is 73.9 Å². The molecule has 2 aromatic carbocycles. The molecule has 1 aliphatic heterocycles. The van der Waals surface area contributed by atoms with Crippen molar-refractivity contribution in [3.8, 4) is 0 Å². The van der Waals surface area contributed by atoms with Crippen molar-refractivity contribution in [3.05, 3.63) is 64.7 Å². The first-order chi connectivity index (χ1) is 18.3. The number of amides is 1. The first kappa shape index (κ1) is 29.5. The average Bonchev–Trinajstić information content (AvgIpc) is 2.87. The number of aryl methyl sites for hydroxylation is 1. The maximum absolute atomic E-state index is 13.0. The lowest BCUT2D eigenvalue weighted by Gasteiger charge is -2.38. The van der Waals surface area contributed by atoms with Gasteiger partial charge in [0.2, 0.25) is 0 Å². The summed E-state index contributed by atoms with van der Waals surface area (Å²) in [5, 5.41) is 23.5. The third-order valence-electron chi connectivity index (χ3n) is 7.84. The predicted molar refractivity (Wildman–Crippen MR) is 139 cm³/mol. The molecule has 1 fully saturated rings. The molecule has 0 unspecified atom stereocenters. The first-order valence-corrected chi connectivity index (χ1v) is 14.9. The van der Waals surface area contributed by atoms with E-state index in [0.29, 0.717) is 12.5 Å². The van der Waals surface area contributed by atoms with Gasteiger partial charge < -0.3 is 20.0 Å². The number of nitrogens with zero attached hydrogens (tertiary/aromatic N) is 1. The molecule has 1 heterocycles. The minimum atomic E-state index is -4.74. The van der Waals surface area contributed by atoms with Crippen LogP contribution in [0.4, 0.5) is 13.2 Å². The van der Waals surface area contributed by atoms with Gasteiger partial charge in [0, 0.05) is 5.56 Å². The molecule has 1 aliphatic carbocycles. The summed E-state index contributed by atoms with van der Waals surface area (Å²) >= 11 is 0. The lowest BCUT2D eigenvalue weighted by atomic mass is 9.86. The smallest absolute Gasteiger partial charge is 0.389 e. The number of nitrogens with one attached hydrogen (secondary N) is 1. The summed E-state index contributed by atoms with van der Waals surface area (Å²) < 4.78 is 65.2. The number of piperidine rings is 1. The number of hydrogen-bond donors (Lipinski definition) is 3. The Bertz CT molecular complexity index is 1290. The standard InChI is InChI=1S/C28H35F3N2O5S/c1-33(13-3-2-4-14-33)17-19-11-12-23-20(15-19)7-5-10-24(23)32-27(36)26(35)25(34)18-39(37,38)22-9-6-8-21(16-22)28(29,30)31/h6,8-9,11-12,15-16,24-26,34-35H,2-5,7,10,13-14,17-18H2,1H3/p+1/t24-,25+,26+/m1/s1. The molecule has 0 radical (unpaired) electrons. The van der Waals surface area contributed by atoms with E-state index in [-0.39, 0.29) is 0 Å². The summed E-state index contributed by atoms with van der Waals surface area (Å²) in [5.74, 6) is -2.04. The summed E-state index contributed by atoms with van der Waals surface area (Å²) in [7, 11) is -2.14. The summed E-state index contributed by atoms with van der Waals surface area (Å²) in [6.07, 6.45) is -2.81. The molecular formula is C28H36F3N2O5S+. The van der Waals surface area contributed by atoms with E-state index in [9.17, 15) is 36.6 Å². The van der Waals surface area contributed by atoms with Crippen LogP contribution >= 0.6 is 0 Å². The molecular weight excluding hydrogens is 533 g/mol. The van der Waals surface area contributed by atoms with E-state index in [2.05, 4.69) is 24.5 Å². The molecule has 1 saturated heterocycles. The molecule has 11 heteroatoms. The fourth-order valence-corrected chi connectivity index (χ4v) is 7.12. The number of rotatable bonds is 8. The van der Waals surface area contributed by atoms with Gasteiger partial charge in [-0.2, -0.15) is 13.2 Å². The Labute approximate surface area is 227 Å². The van der Waals surface area contributed by atoms with E-state index >= 15 is 0 Å². The van der Waals surface area contributed by atoms with Crippen molar-refractivity contribution >= 4 is 15.7 Å². The zero-order chi connectivity index (χ0) is 28.4. The predicted octanol–water partition coefficient (Wildman–Crippen LogP) is 3.53. The molecule has 0 aromatic heterocycles. The minimum Gasteiger partial charge on any atom is -0.389 e. The van der Waals surface area contributed by atoms with Crippen molar-refractivity contribution in [2.75, 3.05) is 25.9 Å². The summed E-state index contributed by atoms with van der Waals surface area (Å²) in [6, 6.07) is 8.96. The number of likely N-dealkylation sites (tertiary alicyclic amines) is 1. The van der Waals surface area contributed by atoms with Crippen LogP contribution in [0.25, 0.3) is 0 Å². The number of benzene rings is 2. The van der Waals surface area contributed by atoms with Crippen LogP contribution in [0.15, 0.2) is 47.4 Å². The van der Waals surface area contributed by atoms with Gasteiger partial charge in [-0.15, -0.1) is 0 Å². The highest BCUT2D eigenvalue weighted by molar-refractivity contribution is 7.91. The number of sulfone groups is 1. The normalized spacial score (nSPS) is 21.0. The molecule has 4 rings (SSSR count). The Hall–Kier alpha value is -2.47. The second-order valence-electron chi connectivity index (χ2n) is 11.1. The fraction of sp³-hybridized carbons (Fsp3) is 0.536. The Kier molecular flexibility index (Phi) is 8.75. The number of alkyl halides is 3. The van der Waals surface area contributed by atoms with Gasteiger partial charge in [0.05, 0.1) is 42.4 Å². The van der Waals surface area contributed by atoms with Crippen LogP contribution < -0.4 is 5.32 Å². The topological polar surface area (TPSA) is 104 Å².